The molecular weight excluding hydrogens is 486 g/mol. The third-order valence-electron chi connectivity index (χ3n) is 6.78. The number of halogens is 1. The summed E-state index contributed by atoms with van der Waals surface area (Å²) in [5, 5.41) is 7.59. The molecule has 38 heavy (non-hydrogen) atoms. The van der Waals surface area contributed by atoms with Crippen LogP contribution in [-0.2, 0) is 6.54 Å². The van der Waals surface area contributed by atoms with Crippen molar-refractivity contribution in [3.8, 4) is 11.1 Å². The molecule has 0 fully saturated rings. The number of fused-ring (bicyclic) bond motifs is 6. The zero-order valence-electron chi connectivity index (χ0n) is 20.7. The zero-order chi connectivity index (χ0) is 25.9. The van der Waals surface area contributed by atoms with Crippen molar-refractivity contribution in [3.05, 3.63) is 132 Å². The van der Waals surface area contributed by atoms with Crippen LogP contribution in [0.1, 0.15) is 11.1 Å². The molecule has 6 aromatic carbocycles. The second kappa shape index (κ2) is 10.4. The lowest BCUT2D eigenvalue weighted by Gasteiger charge is -2.12. The van der Waals surface area contributed by atoms with E-state index in [9.17, 15) is 0 Å². The Kier molecular flexibility index (Phi) is 6.51. The molecule has 6 rings (SSSR count). The van der Waals surface area contributed by atoms with E-state index in [1.54, 1.807) is 0 Å². The molecule has 0 radical (unpaired) electrons. The molecule has 3 nitrogen and oxygen atoms in total. The molecule has 6 aromatic rings. The van der Waals surface area contributed by atoms with E-state index < -0.39 is 0 Å². The molecule has 0 saturated heterocycles. The molecular formula is C34H24ClN3. The molecule has 0 N–H and O–H groups in total. The first-order valence-electron chi connectivity index (χ1n) is 12.4. The molecule has 0 bridgehead atoms. The summed E-state index contributed by atoms with van der Waals surface area (Å²) >= 11 is 6.16. The average Bonchev–Trinajstić information content (AvgIpc) is 2.99. The molecule has 0 unspecified atom stereocenters. The van der Waals surface area contributed by atoms with Crippen LogP contribution in [0.25, 0.3) is 43.4 Å². The average molecular weight is 510 g/mol. The van der Waals surface area contributed by atoms with Crippen LogP contribution in [0.3, 0.4) is 0 Å². The van der Waals surface area contributed by atoms with Crippen LogP contribution in [0, 0.1) is 0 Å². The fourth-order valence-electron chi connectivity index (χ4n) is 4.99. The Hall–Kier alpha value is -4.60. The van der Waals surface area contributed by atoms with E-state index in [0.717, 1.165) is 22.3 Å². The second-order valence-corrected chi connectivity index (χ2v) is 9.43. The van der Waals surface area contributed by atoms with Crippen molar-refractivity contribution in [2.24, 2.45) is 15.0 Å². The molecule has 182 valence electrons. The lowest BCUT2D eigenvalue weighted by molar-refractivity contribution is 1.06. The van der Waals surface area contributed by atoms with Crippen molar-refractivity contribution in [1.29, 1.82) is 0 Å². The smallest absolute Gasteiger partial charge is 0.223 e. The number of rotatable bonds is 4. The van der Waals surface area contributed by atoms with Crippen LogP contribution in [0.2, 0.25) is 0 Å². The predicted octanol–water partition coefficient (Wildman–Crippen LogP) is 9.06. The van der Waals surface area contributed by atoms with Crippen molar-refractivity contribution in [3.63, 3.8) is 0 Å². The minimum Gasteiger partial charge on any atom is -0.261 e. The monoisotopic (exact) mass is 509 g/mol. The van der Waals surface area contributed by atoms with Crippen LogP contribution in [0.4, 0.5) is 0 Å². The van der Waals surface area contributed by atoms with Gasteiger partial charge < -0.3 is 0 Å². The molecule has 0 heterocycles. The van der Waals surface area contributed by atoms with Crippen LogP contribution >= 0.6 is 11.6 Å². The minimum atomic E-state index is 0.0614. The predicted molar refractivity (Wildman–Crippen MR) is 164 cm³/mol. The van der Waals surface area contributed by atoms with Crippen LogP contribution < -0.4 is 0 Å². The number of aliphatic imine (C=N–C) groups is 3. The number of hydrogen-bond acceptors (Lipinski definition) is 1. The summed E-state index contributed by atoms with van der Waals surface area (Å²) in [4.78, 5) is 13.0. The first kappa shape index (κ1) is 23.8. The van der Waals surface area contributed by atoms with E-state index in [4.69, 9.17) is 16.6 Å². The number of hydrogen-bond donors (Lipinski definition) is 0. The highest BCUT2D eigenvalue weighted by Crippen LogP contribution is 2.37. The summed E-state index contributed by atoms with van der Waals surface area (Å²) in [5.74, 6) is 0.519. The Morgan fingerprint density at radius 3 is 1.82 bits per heavy atom. The summed E-state index contributed by atoms with van der Waals surface area (Å²) in [6.07, 6.45) is 0. The van der Waals surface area contributed by atoms with E-state index in [1.165, 1.54) is 32.3 Å². The van der Waals surface area contributed by atoms with Gasteiger partial charge in [0, 0.05) is 5.56 Å². The van der Waals surface area contributed by atoms with Gasteiger partial charge in [0.2, 0.25) is 5.29 Å². The van der Waals surface area contributed by atoms with Crippen molar-refractivity contribution in [1.82, 2.24) is 0 Å². The maximum Gasteiger partial charge on any atom is 0.223 e. The Labute approximate surface area is 226 Å². The van der Waals surface area contributed by atoms with E-state index in [1.807, 2.05) is 42.5 Å². The highest BCUT2D eigenvalue weighted by molar-refractivity contribution is 6.66. The minimum absolute atomic E-state index is 0.0614. The molecule has 0 aliphatic heterocycles. The van der Waals surface area contributed by atoms with E-state index in [2.05, 4.69) is 95.6 Å². The van der Waals surface area contributed by atoms with Gasteiger partial charge in [-0.1, -0.05) is 109 Å². The summed E-state index contributed by atoms with van der Waals surface area (Å²) in [6, 6.07) is 42.2. The first-order valence-corrected chi connectivity index (χ1v) is 12.8. The van der Waals surface area contributed by atoms with Gasteiger partial charge in [0.25, 0.3) is 0 Å². The Balaban J connectivity index is 1.48. The summed E-state index contributed by atoms with van der Waals surface area (Å²) in [7, 11) is 0. The van der Waals surface area contributed by atoms with E-state index in [-0.39, 0.29) is 5.29 Å². The Bertz CT molecular complexity index is 1840. The summed E-state index contributed by atoms with van der Waals surface area (Å²) in [5.41, 5.74) is 4.16. The normalized spacial score (nSPS) is 12.3. The number of nitrogens with zero attached hydrogens (tertiary/aromatic N) is 3. The lowest BCUT2D eigenvalue weighted by atomic mass is 9.92. The maximum atomic E-state index is 6.16. The zero-order valence-corrected chi connectivity index (χ0v) is 21.4. The van der Waals surface area contributed by atoms with Gasteiger partial charge in [-0.2, -0.15) is 4.99 Å². The lowest BCUT2D eigenvalue weighted by Crippen LogP contribution is -2.01. The van der Waals surface area contributed by atoms with Gasteiger partial charge in [0.1, 0.15) is 0 Å². The molecule has 4 heteroatoms. The van der Waals surface area contributed by atoms with Crippen LogP contribution in [0.15, 0.2) is 136 Å². The third kappa shape index (κ3) is 4.60. The van der Waals surface area contributed by atoms with Crippen molar-refractivity contribution >= 4 is 61.8 Å². The summed E-state index contributed by atoms with van der Waals surface area (Å²) in [6.45, 7) is 3.98. The van der Waals surface area contributed by atoms with Crippen LogP contribution in [-0.4, -0.2) is 17.8 Å². The Morgan fingerprint density at radius 2 is 1.16 bits per heavy atom. The fraction of sp³-hybridized carbons (Fsp3) is 0.0294. The van der Waals surface area contributed by atoms with Crippen molar-refractivity contribution in [2.45, 2.75) is 6.54 Å². The van der Waals surface area contributed by atoms with E-state index in [0.29, 0.717) is 12.4 Å². The standard InChI is InChI=1S/C34H24ClN3/c1-36-34(35)38-33(37-22-23-10-3-2-4-11-23)26-13-9-12-24(20-26)25-18-19-31-29-16-6-5-14-27(29)28-15-7-8-17-30(28)32(31)21-25/h2-21H,1,22H2/b37-33-,38-34-. The van der Waals surface area contributed by atoms with Gasteiger partial charge in [-0.25, -0.2) is 4.99 Å². The van der Waals surface area contributed by atoms with Gasteiger partial charge in [0.05, 0.1) is 6.54 Å². The van der Waals surface area contributed by atoms with Gasteiger partial charge >= 0.3 is 0 Å². The van der Waals surface area contributed by atoms with E-state index >= 15 is 0 Å². The molecule has 0 spiro atoms. The van der Waals surface area contributed by atoms with Crippen molar-refractivity contribution in [2.75, 3.05) is 0 Å². The number of benzene rings is 6. The Morgan fingerprint density at radius 1 is 0.579 bits per heavy atom. The third-order valence-corrected chi connectivity index (χ3v) is 6.99. The van der Waals surface area contributed by atoms with Gasteiger partial charge in [-0.15, -0.1) is 0 Å². The maximum absolute atomic E-state index is 6.16. The second-order valence-electron chi connectivity index (χ2n) is 9.10. The first-order chi connectivity index (χ1) is 18.7. The van der Waals surface area contributed by atoms with Gasteiger partial charge in [-0.3, -0.25) is 4.99 Å². The largest absolute Gasteiger partial charge is 0.261 e. The molecule has 0 aliphatic carbocycles. The highest BCUT2D eigenvalue weighted by Gasteiger charge is 2.11. The molecule has 0 aromatic heterocycles. The molecule has 0 aliphatic rings. The van der Waals surface area contributed by atoms with Gasteiger partial charge in [0.15, 0.2) is 5.84 Å². The van der Waals surface area contributed by atoms with Gasteiger partial charge in [-0.05, 0) is 79.5 Å². The highest BCUT2D eigenvalue weighted by atomic mass is 35.5. The SMILES string of the molecule is C=N/C(Cl)=N\C(=N/Cc1ccccc1)c1cccc(-c2ccc3c4ccccc4c4ccccc4c3c2)c1. The fourth-order valence-corrected chi connectivity index (χ4v) is 5.07. The number of amidine groups is 2. The molecule has 0 saturated carbocycles. The van der Waals surface area contributed by atoms with Crippen LogP contribution in [0.5, 0.6) is 0 Å². The van der Waals surface area contributed by atoms with Crippen molar-refractivity contribution < 1.29 is 0 Å². The quantitative estimate of drug-likeness (QED) is 0.0983. The summed E-state index contributed by atoms with van der Waals surface area (Å²) < 4.78 is 0. The topological polar surface area (TPSA) is 37.1 Å². The molecule has 0 amide bonds. The molecule has 0 atom stereocenters.